The lowest BCUT2D eigenvalue weighted by Gasteiger charge is -2.19. The zero-order valence-corrected chi connectivity index (χ0v) is 15.7. The maximum absolute atomic E-state index is 12.7. The summed E-state index contributed by atoms with van der Waals surface area (Å²) in [7, 11) is -15.2. The van der Waals surface area contributed by atoms with Crippen LogP contribution in [0.3, 0.4) is 0 Å². The molecule has 0 saturated heterocycles. The summed E-state index contributed by atoms with van der Waals surface area (Å²) >= 11 is 0. The van der Waals surface area contributed by atoms with Crippen LogP contribution in [0.2, 0.25) is 0 Å². The summed E-state index contributed by atoms with van der Waals surface area (Å²) in [6, 6.07) is 3.24. The van der Waals surface area contributed by atoms with Crippen LogP contribution >= 0.6 is 0 Å². The highest BCUT2D eigenvalue weighted by atomic mass is 32.2. The van der Waals surface area contributed by atoms with Gasteiger partial charge in [-0.25, -0.2) is 0 Å². The Morgan fingerprint density at radius 3 is 1.32 bits per heavy atom. The fourth-order valence-electron chi connectivity index (χ4n) is 2.70. The fraction of sp³-hybridized carbons (Fsp3) is 0. The normalized spacial score (nSPS) is 14.5. The highest BCUT2D eigenvalue weighted by molar-refractivity contribution is 7.89. The maximum Gasteiger partial charge on any atom is 0.295 e. The molecular formula is C14H8O11S3. The van der Waals surface area contributed by atoms with Crippen LogP contribution in [0.4, 0.5) is 0 Å². The molecule has 14 heteroatoms. The third-order valence-corrected chi connectivity index (χ3v) is 6.67. The molecule has 3 rings (SSSR count). The number of hydrogen-bond donors (Lipinski definition) is 3. The van der Waals surface area contributed by atoms with Gasteiger partial charge in [0.25, 0.3) is 30.4 Å². The Labute approximate surface area is 157 Å². The molecule has 0 aromatic heterocycles. The molecular weight excluding hydrogens is 440 g/mol. The van der Waals surface area contributed by atoms with E-state index in [1.165, 1.54) is 0 Å². The number of carbonyl (C=O) groups excluding carboxylic acids is 2. The van der Waals surface area contributed by atoms with E-state index in [2.05, 4.69) is 0 Å². The first kappa shape index (κ1) is 20.2. The molecule has 0 heterocycles. The minimum Gasteiger partial charge on any atom is -0.289 e. The van der Waals surface area contributed by atoms with E-state index in [1.54, 1.807) is 0 Å². The second-order valence-electron chi connectivity index (χ2n) is 5.64. The lowest BCUT2D eigenvalue weighted by Crippen LogP contribution is -2.23. The van der Waals surface area contributed by atoms with Crippen LogP contribution in [0.25, 0.3) is 0 Å². The molecule has 2 aromatic rings. The average molecular weight is 448 g/mol. The van der Waals surface area contributed by atoms with Crippen LogP contribution < -0.4 is 0 Å². The van der Waals surface area contributed by atoms with Crippen LogP contribution in [-0.4, -0.2) is 50.5 Å². The summed E-state index contributed by atoms with van der Waals surface area (Å²) in [4.78, 5) is 21.9. The number of ketones is 2. The molecule has 0 radical (unpaired) electrons. The number of benzene rings is 2. The highest BCUT2D eigenvalue weighted by Gasteiger charge is 2.35. The Morgan fingerprint density at radius 2 is 0.929 bits per heavy atom. The molecule has 2 aromatic carbocycles. The van der Waals surface area contributed by atoms with Crippen molar-refractivity contribution in [2.45, 2.75) is 14.7 Å². The summed E-state index contributed by atoms with van der Waals surface area (Å²) in [5.74, 6) is -2.04. The van der Waals surface area contributed by atoms with Crippen molar-refractivity contribution in [3.63, 3.8) is 0 Å². The van der Waals surface area contributed by atoms with Gasteiger partial charge in [0.05, 0.1) is 4.90 Å². The standard InChI is InChI=1S/C14H8O11S3/c15-13-7-2-1-6(26(17,18)19)3-8(7)14(16)10-5-12(28(23,24)25)11(4-9(10)13)27(20,21)22/h1-5H,(H,17,18,19)(H,20,21,22)(H,23,24,25). The molecule has 1 aliphatic carbocycles. The molecule has 11 nitrogen and oxygen atoms in total. The van der Waals surface area contributed by atoms with E-state index in [9.17, 15) is 43.9 Å². The van der Waals surface area contributed by atoms with Crippen molar-refractivity contribution in [1.82, 2.24) is 0 Å². The van der Waals surface area contributed by atoms with Crippen molar-refractivity contribution in [2.24, 2.45) is 0 Å². The monoisotopic (exact) mass is 448 g/mol. The second kappa shape index (κ2) is 6.00. The summed E-state index contributed by atoms with van der Waals surface area (Å²) in [5, 5.41) is 0. The van der Waals surface area contributed by atoms with Gasteiger partial charge in [-0.2, -0.15) is 25.3 Å². The van der Waals surface area contributed by atoms with Gasteiger partial charge in [-0.3, -0.25) is 23.2 Å². The zero-order valence-electron chi connectivity index (χ0n) is 13.2. The number of fused-ring (bicyclic) bond motifs is 2. The van der Waals surface area contributed by atoms with E-state index >= 15 is 0 Å². The van der Waals surface area contributed by atoms with Crippen molar-refractivity contribution >= 4 is 41.9 Å². The lowest BCUT2D eigenvalue weighted by atomic mass is 9.84. The minimum atomic E-state index is -5.24. The minimum absolute atomic E-state index is 0.342. The molecule has 0 saturated carbocycles. The van der Waals surface area contributed by atoms with Gasteiger partial charge in [0.1, 0.15) is 9.79 Å². The van der Waals surface area contributed by atoms with E-state index in [4.69, 9.17) is 4.55 Å². The van der Waals surface area contributed by atoms with Gasteiger partial charge in [0.15, 0.2) is 11.6 Å². The Balaban J connectivity index is 2.39. The second-order valence-corrected chi connectivity index (χ2v) is 9.84. The molecule has 0 amide bonds. The largest absolute Gasteiger partial charge is 0.295 e. The Morgan fingerprint density at radius 1 is 0.536 bits per heavy atom. The maximum atomic E-state index is 12.7. The third kappa shape index (κ3) is 3.25. The molecule has 0 atom stereocenters. The summed E-state index contributed by atoms with van der Waals surface area (Å²) in [6.07, 6.45) is 0. The molecule has 28 heavy (non-hydrogen) atoms. The Kier molecular flexibility index (Phi) is 4.34. The van der Waals surface area contributed by atoms with E-state index < -0.39 is 73.3 Å². The van der Waals surface area contributed by atoms with Crippen LogP contribution in [0, 0.1) is 0 Å². The first-order valence-electron chi connectivity index (χ1n) is 6.96. The van der Waals surface area contributed by atoms with E-state index in [-0.39, 0.29) is 5.56 Å². The predicted octanol–water partition coefficient (Wildman–Crippen LogP) is 0.202. The average Bonchev–Trinajstić information content (AvgIpc) is 2.55. The van der Waals surface area contributed by atoms with Crippen LogP contribution in [0.15, 0.2) is 45.0 Å². The summed E-state index contributed by atoms with van der Waals surface area (Å²) in [6.45, 7) is 0. The molecule has 0 bridgehead atoms. The molecule has 3 N–H and O–H groups in total. The van der Waals surface area contributed by atoms with Crippen molar-refractivity contribution in [1.29, 1.82) is 0 Å². The van der Waals surface area contributed by atoms with Crippen molar-refractivity contribution in [2.75, 3.05) is 0 Å². The first-order valence-corrected chi connectivity index (χ1v) is 11.3. The number of hydrogen-bond acceptors (Lipinski definition) is 8. The molecule has 0 spiro atoms. The van der Waals surface area contributed by atoms with E-state index in [0.717, 1.165) is 12.1 Å². The van der Waals surface area contributed by atoms with Gasteiger partial charge in [0.2, 0.25) is 0 Å². The van der Waals surface area contributed by atoms with Crippen LogP contribution in [-0.2, 0) is 30.4 Å². The predicted molar refractivity (Wildman–Crippen MR) is 89.2 cm³/mol. The van der Waals surface area contributed by atoms with Gasteiger partial charge in [-0.05, 0) is 30.3 Å². The highest BCUT2D eigenvalue weighted by Crippen LogP contribution is 2.33. The van der Waals surface area contributed by atoms with Crippen molar-refractivity contribution in [3.8, 4) is 0 Å². The van der Waals surface area contributed by atoms with E-state index in [0.29, 0.717) is 18.2 Å². The lowest BCUT2D eigenvalue weighted by molar-refractivity contribution is 0.0978. The molecule has 148 valence electrons. The summed E-state index contributed by atoms with van der Waals surface area (Å²) in [5.41, 5.74) is -2.07. The smallest absolute Gasteiger partial charge is 0.289 e. The molecule has 0 aliphatic heterocycles. The number of carbonyl (C=O) groups is 2. The molecule has 0 unspecified atom stereocenters. The number of rotatable bonds is 3. The zero-order chi connectivity index (χ0) is 21.2. The van der Waals surface area contributed by atoms with Crippen molar-refractivity contribution in [3.05, 3.63) is 52.6 Å². The quantitative estimate of drug-likeness (QED) is 0.463. The Hall–Kier alpha value is -2.49. The van der Waals surface area contributed by atoms with Crippen molar-refractivity contribution < 1.29 is 48.5 Å². The van der Waals surface area contributed by atoms with Crippen LogP contribution in [0.5, 0.6) is 0 Å². The topological polar surface area (TPSA) is 197 Å². The van der Waals surface area contributed by atoms with Gasteiger partial charge in [-0.1, -0.05) is 0 Å². The molecule has 0 fully saturated rings. The Bertz CT molecular complexity index is 1400. The van der Waals surface area contributed by atoms with Gasteiger partial charge in [0, 0.05) is 22.3 Å². The van der Waals surface area contributed by atoms with Gasteiger partial charge >= 0.3 is 0 Å². The first-order chi connectivity index (χ1) is 12.6. The van der Waals surface area contributed by atoms with E-state index in [1.807, 2.05) is 0 Å². The fourth-order valence-corrected chi connectivity index (χ4v) is 5.00. The SMILES string of the molecule is O=C1c2ccc(S(=O)(=O)O)cc2C(=O)c2cc(S(=O)(=O)O)c(S(=O)(=O)O)cc21. The molecule has 1 aliphatic rings. The van der Waals surface area contributed by atoms with Gasteiger partial charge in [-0.15, -0.1) is 0 Å². The third-order valence-electron chi connectivity index (χ3n) is 3.91. The van der Waals surface area contributed by atoms with Gasteiger partial charge < -0.3 is 0 Å². The van der Waals surface area contributed by atoms with Crippen LogP contribution in [0.1, 0.15) is 31.8 Å². The summed E-state index contributed by atoms with van der Waals surface area (Å²) < 4.78 is 95.9.